The lowest BCUT2D eigenvalue weighted by atomic mass is 10.0. The largest absolute Gasteiger partial charge is 0.501 e. The van der Waals surface area contributed by atoms with E-state index in [0.29, 0.717) is 0 Å². The predicted molar refractivity (Wildman–Crippen MR) is 69.0 cm³/mol. The summed E-state index contributed by atoms with van der Waals surface area (Å²) < 4.78 is 5.40. The molecular formula is C14H19N3O. The summed E-state index contributed by atoms with van der Waals surface area (Å²) in [7, 11) is 0. The number of hydrogen-bond acceptors (Lipinski definition) is 4. The number of aryl methyl sites for hydroxylation is 1. The lowest BCUT2D eigenvalue weighted by molar-refractivity contribution is 0.208. The summed E-state index contributed by atoms with van der Waals surface area (Å²) >= 11 is 0. The Balaban J connectivity index is 1.67. The van der Waals surface area contributed by atoms with Crippen molar-refractivity contribution in [2.75, 3.05) is 19.7 Å². The maximum atomic E-state index is 5.40. The van der Waals surface area contributed by atoms with Gasteiger partial charge in [-0.3, -0.25) is 4.90 Å². The van der Waals surface area contributed by atoms with Gasteiger partial charge in [0.1, 0.15) is 5.82 Å². The van der Waals surface area contributed by atoms with E-state index in [9.17, 15) is 0 Å². The molecule has 0 radical (unpaired) electrons. The third-order valence-electron chi connectivity index (χ3n) is 3.57. The van der Waals surface area contributed by atoms with Gasteiger partial charge in [0, 0.05) is 43.5 Å². The van der Waals surface area contributed by atoms with Crippen LogP contribution in [0.15, 0.2) is 18.0 Å². The van der Waals surface area contributed by atoms with Crippen molar-refractivity contribution in [3.8, 4) is 0 Å². The van der Waals surface area contributed by atoms with Crippen molar-refractivity contribution in [2.24, 2.45) is 0 Å². The quantitative estimate of drug-likeness (QED) is 0.797. The molecule has 0 saturated carbocycles. The van der Waals surface area contributed by atoms with Crippen molar-refractivity contribution in [3.05, 3.63) is 35.1 Å². The van der Waals surface area contributed by atoms with Crippen LogP contribution in [-0.4, -0.2) is 34.6 Å². The Morgan fingerprint density at radius 1 is 1.39 bits per heavy atom. The molecule has 0 N–H and O–H groups in total. The first-order chi connectivity index (χ1) is 8.81. The van der Waals surface area contributed by atoms with Crippen molar-refractivity contribution >= 4 is 0 Å². The van der Waals surface area contributed by atoms with E-state index in [2.05, 4.69) is 14.9 Å². The Bertz CT molecular complexity index is 470. The summed E-state index contributed by atoms with van der Waals surface area (Å²) in [5, 5.41) is 0. The molecule has 18 heavy (non-hydrogen) atoms. The van der Waals surface area contributed by atoms with Gasteiger partial charge in [-0.1, -0.05) is 0 Å². The second kappa shape index (κ2) is 5.06. The van der Waals surface area contributed by atoms with E-state index < -0.39 is 0 Å². The first kappa shape index (κ1) is 11.7. The second-order valence-electron chi connectivity index (χ2n) is 5.10. The van der Waals surface area contributed by atoms with Crippen LogP contribution < -0.4 is 0 Å². The van der Waals surface area contributed by atoms with Gasteiger partial charge < -0.3 is 4.74 Å². The van der Waals surface area contributed by atoms with Gasteiger partial charge in [-0.2, -0.15) is 0 Å². The third kappa shape index (κ3) is 2.53. The van der Waals surface area contributed by atoms with Crippen LogP contribution in [0.5, 0.6) is 0 Å². The zero-order valence-electron chi connectivity index (χ0n) is 10.9. The zero-order valence-corrected chi connectivity index (χ0v) is 10.9. The van der Waals surface area contributed by atoms with Gasteiger partial charge in [0.15, 0.2) is 0 Å². The maximum absolute atomic E-state index is 5.40. The molecule has 4 heteroatoms. The molecule has 96 valence electrons. The van der Waals surface area contributed by atoms with Crippen molar-refractivity contribution in [2.45, 2.75) is 32.7 Å². The van der Waals surface area contributed by atoms with Crippen molar-refractivity contribution in [1.29, 1.82) is 0 Å². The molecule has 0 saturated heterocycles. The third-order valence-corrected chi connectivity index (χ3v) is 3.57. The molecule has 0 atom stereocenters. The molecule has 0 aliphatic carbocycles. The monoisotopic (exact) mass is 245 g/mol. The average Bonchev–Trinajstić information content (AvgIpc) is 2.40. The molecule has 0 amide bonds. The fourth-order valence-electron chi connectivity index (χ4n) is 2.63. The van der Waals surface area contributed by atoms with Gasteiger partial charge in [-0.15, -0.1) is 0 Å². The van der Waals surface area contributed by atoms with Crippen LogP contribution in [0.3, 0.4) is 0 Å². The van der Waals surface area contributed by atoms with Crippen LogP contribution in [0.1, 0.15) is 29.9 Å². The van der Waals surface area contributed by atoms with Gasteiger partial charge in [0.05, 0.1) is 12.9 Å². The van der Waals surface area contributed by atoms with Crippen molar-refractivity contribution in [3.63, 3.8) is 0 Å². The molecule has 1 aromatic heterocycles. The molecule has 3 rings (SSSR count). The zero-order chi connectivity index (χ0) is 12.4. The Morgan fingerprint density at radius 2 is 2.33 bits per heavy atom. The van der Waals surface area contributed by atoms with Crippen molar-refractivity contribution in [1.82, 2.24) is 14.9 Å². The predicted octanol–water partition coefficient (Wildman–Crippen LogP) is 1.84. The number of hydrogen-bond donors (Lipinski definition) is 0. The van der Waals surface area contributed by atoms with Gasteiger partial charge >= 0.3 is 0 Å². The molecule has 0 spiro atoms. The van der Waals surface area contributed by atoms with Crippen LogP contribution >= 0.6 is 0 Å². The first-order valence-corrected chi connectivity index (χ1v) is 6.64. The Kier molecular flexibility index (Phi) is 3.28. The minimum atomic E-state index is 0.874. The summed E-state index contributed by atoms with van der Waals surface area (Å²) in [6.45, 7) is 5.90. The van der Waals surface area contributed by atoms with Gasteiger partial charge in [0.25, 0.3) is 0 Å². The van der Waals surface area contributed by atoms with Crippen molar-refractivity contribution < 1.29 is 4.74 Å². The highest BCUT2D eigenvalue weighted by molar-refractivity contribution is 5.21. The standard InChI is InChI=1S/C14H19N3O/c1-11-15-7-13-9-17(5-4-14(13)16-11)8-12-3-2-6-18-10-12/h7,10H,2-6,8-9H2,1H3. The van der Waals surface area contributed by atoms with Gasteiger partial charge in [-0.05, 0) is 25.3 Å². The number of aromatic nitrogens is 2. The number of nitrogens with zero attached hydrogens (tertiary/aromatic N) is 3. The summed E-state index contributed by atoms with van der Waals surface area (Å²) in [5.41, 5.74) is 3.93. The van der Waals surface area contributed by atoms with E-state index in [-0.39, 0.29) is 0 Å². The second-order valence-corrected chi connectivity index (χ2v) is 5.10. The molecular weight excluding hydrogens is 226 g/mol. The van der Waals surface area contributed by atoms with E-state index in [1.165, 1.54) is 23.3 Å². The summed E-state index contributed by atoms with van der Waals surface area (Å²) in [6.07, 6.45) is 7.29. The minimum Gasteiger partial charge on any atom is -0.501 e. The SMILES string of the molecule is Cc1ncc2c(n1)CCN(CC1=COCCC1)C2. The molecule has 2 aliphatic rings. The van der Waals surface area contributed by atoms with E-state index in [1.54, 1.807) is 0 Å². The summed E-state index contributed by atoms with van der Waals surface area (Å²) in [5.74, 6) is 0.880. The van der Waals surface area contributed by atoms with Crippen LogP contribution in [0.2, 0.25) is 0 Å². The smallest absolute Gasteiger partial charge is 0.125 e. The number of ether oxygens (including phenoxy) is 1. The molecule has 0 fully saturated rings. The highest BCUT2D eigenvalue weighted by Crippen LogP contribution is 2.19. The topological polar surface area (TPSA) is 38.2 Å². The highest BCUT2D eigenvalue weighted by Gasteiger charge is 2.19. The van der Waals surface area contributed by atoms with E-state index >= 15 is 0 Å². The normalized spacial score (nSPS) is 19.9. The first-order valence-electron chi connectivity index (χ1n) is 6.64. The average molecular weight is 245 g/mol. The fraction of sp³-hybridized carbons (Fsp3) is 0.571. The number of rotatable bonds is 2. The van der Waals surface area contributed by atoms with E-state index in [0.717, 1.165) is 44.9 Å². The molecule has 3 heterocycles. The summed E-state index contributed by atoms with van der Waals surface area (Å²) in [6, 6.07) is 0. The van der Waals surface area contributed by atoms with Crippen LogP contribution in [0.4, 0.5) is 0 Å². The Hall–Kier alpha value is -1.42. The Morgan fingerprint density at radius 3 is 3.17 bits per heavy atom. The molecule has 0 unspecified atom stereocenters. The van der Waals surface area contributed by atoms with Gasteiger partial charge in [0.2, 0.25) is 0 Å². The molecule has 4 nitrogen and oxygen atoms in total. The minimum absolute atomic E-state index is 0.874. The Labute approximate surface area is 108 Å². The van der Waals surface area contributed by atoms with E-state index in [4.69, 9.17) is 4.74 Å². The molecule has 0 aromatic carbocycles. The number of fused-ring (bicyclic) bond motifs is 1. The summed E-state index contributed by atoms with van der Waals surface area (Å²) in [4.78, 5) is 11.3. The van der Waals surface area contributed by atoms with Crippen LogP contribution in [0, 0.1) is 6.92 Å². The fourth-order valence-corrected chi connectivity index (χ4v) is 2.63. The van der Waals surface area contributed by atoms with E-state index in [1.807, 2.05) is 19.4 Å². The highest BCUT2D eigenvalue weighted by atomic mass is 16.5. The molecule has 0 bridgehead atoms. The lowest BCUT2D eigenvalue weighted by Gasteiger charge is -2.29. The molecule has 2 aliphatic heterocycles. The molecule has 1 aromatic rings. The van der Waals surface area contributed by atoms with Crippen LogP contribution in [-0.2, 0) is 17.7 Å². The lowest BCUT2D eigenvalue weighted by Crippen LogP contribution is -2.33. The van der Waals surface area contributed by atoms with Gasteiger partial charge in [-0.25, -0.2) is 9.97 Å². The van der Waals surface area contributed by atoms with Crippen LogP contribution in [0.25, 0.3) is 0 Å². The maximum Gasteiger partial charge on any atom is 0.125 e.